The molecule has 0 N–H and O–H groups in total. The SMILES string of the molecule is FC(F)(F)c1cc(-c2cc(-c3ccccc3)nc(-c3ccccc3)n2)c(-n2c3cc(-c4ccccc4)ccc3c3ccc(-c4ccccc4)cc32)c(-c2nc(-c3ccccc3)cc(-c3ccccc3)n2)c1. The molecule has 0 spiro atoms. The maximum absolute atomic E-state index is 15.9. The number of rotatable bonds is 9. The van der Waals surface area contributed by atoms with Gasteiger partial charge >= 0.3 is 6.18 Å². The van der Waals surface area contributed by atoms with Crippen molar-refractivity contribution in [2.45, 2.75) is 6.18 Å². The summed E-state index contributed by atoms with van der Waals surface area (Å²) >= 11 is 0. The molecule has 3 heterocycles. The predicted octanol–water partition coefficient (Wildman–Crippen LogP) is 16.7. The van der Waals surface area contributed by atoms with Crippen molar-refractivity contribution in [3.05, 3.63) is 248 Å². The Morgan fingerprint density at radius 1 is 0.296 bits per heavy atom. The molecular weight excluding hydrogens is 884 g/mol. The van der Waals surface area contributed by atoms with E-state index in [4.69, 9.17) is 19.9 Å². The van der Waals surface area contributed by atoms with Gasteiger partial charge in [0.05, 0.1) is 45.1 Å². The molecule has 0 atom stereocenters. The molecule has 0 radical (unpaired) electrons. The molecule has 9 aromatic carbocycles. The molecule has 0 unspecified atom stereocenters. The Labute approximate surface area is 407 Å². The van der Waals surface area contributed by atoms with Gasteiger partial charge in [-0.05, 0) is 58.7 Å². The smallest absolute Gasteiger partial charge is 0.308 e. The molecule has 12 aromatic rings. The van der Waals surface area contributed by atoms with Crippen LogP contribution in [0, 0.1) is 0 Å². The minimum atomic E-state index is -4.79. The fourth-order valence-electron chi connectivity index (χ4n) is 9.42. The van der Waals surface area contributed by atoms with Crippen LogP contribution in [0.3, 0.4) is 0 Å². The summed E-state index contributed by atoms with van der Waals surface area (Å²) in [5.74, 6) is 0.474. The fourth-order valence-corrected chi connectivity index (χ4v) is 9.42. The lowest BCUT2D eigenvalue weighted by molar-refractivity contribution is -0.137. The molecule has 0 aliphatic carbocycles. The lowest BCUT2D eigenvalue weighted by Gasteiger charge is -2.22. The molecule has 71 heavy (non-hydrogen) atoms. The van der Waals surface area contributed by atoms with E-state index in [-0.39, 0.29) is 22.6 Å². The first kappa shape index (κ1) is 43.0. The molecular formula is C63H40F3N5. The summed E-state index contributed by atoms with van der Waals surface area (Å²) in [7, 11) is 0. The van der Waals surface area contributed by atoms with Gasteiger partial charge in [-0.15, -0.1) is 0 Å². The van der Waals surface area contributed by atoms with Crippen molar-refractivity contribution in [3.63, 3.8) is 0 Å². The minimum absolute atomic E-state index is 0.113. The normalized spacial score (nSPS) is 11.6. The third-order valence-corrected chi connectivity index (χ3v) is 12.9. The average molecular weight is 924 g/mol. The van der Waals surface area contributed by atoms with E-state index in [2.05, 4.69) is 65.2 Å². The monoisotopic (exact) mass is 923 g/mol. The first-order valence-electron chi connectivity index (χ1n) is 23.3. The second-order valence-corrected chi connectivity index (χ2v) is 17.3. The second-order valence-electron chi connectivity index (χ2n) is 17.3. The van der Waals surface area contributed by atoms with Crippen molar-refractivity contribution in [3.8, 4) is 95.7 Å². The highest BCUT2D eigenvalue weighted by Crippen LogP contribution is 2.46. The van der Waals surface area contributed by atoms with Crippen molar-refractivity contribution < 1.29 is 13.2 Å². The van der Waals surface area contributed by atoms with E-state index in [1.54, 1.807) is 6.07 Å². The van der Waals surface area contributed by atoms with E-state index >= 15 is 13.2 Å². The Balaban J connectivity index is 1.28. The molecule has 338 valence electrons. The van der Waals surface area contributed by atoms with Gasteiger partial charge in [-0.2, -0.15) is 13.2 Å². The van der Waals surface area contributed by atoms with Gasteiger partial charge in [0, 0.05) is 44.2 Å². The zero-order chi connectivity index (χ0) is 47.9. The third-order valence-electron chi connectivity index (χ3n) is 12.9. The van der Waals surface area contributed by atoms with Crippen molar-refractivity contribution >= 4 is 21.8 Å². The van der Waals surface area contributed by atoms with Gasteiger partial charge in [0.1, 0.15) is 0 Å². The van der Waals surface area contributed by atoms with Gasteiger partial charge < -0.3 is 4.57 Å². The largest absolute Gasteiger partial charge is 0.416 e. The van der Waals surface area contributed by atoms with E-state index in [1.807, 2.05) is 164 Å². The van der Waals surface area contributed by atoms with Crippen molar-refractivity contribution in [2.75, 3.05) is 0 Å². The van der Waals surface area contributed by atoms with Crippen LogP contribution in [0.25, 0.3) is 118 Å². The first-order valence-corrected chi connectivity index (χ1v) is 23.3. The second kappa shape index (κ2) is 18.0. The van der Waals surface area contributed by atoms with E-state index < -0.39 is 11.7 Å². The molecule has 0 saturated carbocycles. The molecule has 8 heteroatoms. The van der Waals surface area contributed by atoms with Crippen LogP contribution in [-0.2, 0) is 6.18 Å². The van der Waals surface area contributed by atoms with E-state index in [0.717, 1.165) is 60.8 Å². The van der Waals surface area contributed by atoms with Crippen LogP contribution >= 0.6 is 0 Å². The number of halogens is 3. The van der Waals surface area contributed by atoms with Crippen LogP contribution in [0.1, 0.15) is 5.56 Å². The standard InChI is InChI=1S/C63H40F3N5/c64-63(65,66)49-37-52(57-40-56(45-27-15-5-16-28-45)67-61(70-57)46-29-17-6-18-30-46)60(53(38-49)62-68-54(43-23-11-3-12-24-43)39-55(69-62)44-25-13-4-14-26-44)71-58-35-47(41-19-7-1-8-20-41)31-33-50(58)51-34-32-48(36-59(51)71)42-21-9-2-10-22-42/h1-40H. The highest BCUT2D eigenvalue weighted by atomic mass is 19.4. The maximum Gasteiger partial charge on any atom is 0.416 e. The topological polar surface area (TPSA) is 56.5 Å². The van der Waals surface area contributed by atoms with E-state index in [1.165, 1.54) is 12.1 Å². The number of alkyl halides is 3. The fraction of sp³-hybridized carbons (Fsp3) is 0.0159. The molecule has 0 bridgehead atoms. The van der Waals surface area contributed by atoms with Crippen LogP contribution < -0.4 is 0 Å². The highest BCUT2D eigenvalue weighted by molar-refractivity contribution is 6.12. The van der Waals surface area contributed by atoms with Crippen molar-refractivity contribution in [1.82, 2.24) is 24.5 Å². The molecule has 5 nitrogen and oxygen atoms in total. The van der Waals surface area contributed by atoms with Gasteiger partial charge in [-0.25, -0.2) is 19.9 Å². The van der Waals surface area contributed by atoms with Crippen LogP contribution in [0.5, 0.6) is 0 Å². The minimum Gasteiger partial charge on any atom is -0.308 e. The summed E-state index contributed by atoms with van der Waals surface area (Å²) in [5.41, 5.74) is 10.4. The number of hydrogen-bond donors (Lipinski definition) is 0. The van der Waals surface area contributed by atoms with Gasteiger partial charge in [-0.1, -0.05) is 206 Å². The quantitative estimate of drug-likeness (QED) is 0.145. The summed E-state index contributed by atoms with van der Waals surface area (Å²) in [4.78, 5) is 20.7. The Hall–Kier alpha value is -9.27. The van der Waals surface area contributed by atoms with E-state index in [0.29, 0.717) is 34.2 Å². The Kier molecular flexibility index (Phi) is 10.9. The predicted molar refractivity (Wildman–Crippen MR) is 280 cm³/mol. The van der Waals surface area contributed by atoms with Gasteiger partial charge in [0.25, 0.3) is 0 Å². The van der Waals surface area contributed by atoms with Crippen LogP contribution in [0.4, 0.5) is 13.2 Å². The van der Waals surface area contributed by atoms with Gasteiger partial charge in [-0.3, -0.25) is 0 Å². The highest BCUT2D eigenvalue weighted by Gasteiger charge is 2.35. The Bertz CT molecular complexity index is 3520. The third kappa shape index (κ3) is 8.31. The van der Waals surface area contributed by atoms with Crippen molar-refractivity contribution in [2.24, 2.45) is 0 Å². The van der Waals surface area contributed by atoms with Crippen LogP contribution in [0.15, 0.2) is 243 Å². The average Bonchev–Trinajstić information content (AvgIpc) is 3.76. The van der Waals surface area contributed by atoms with Gasteiger partial charge in [0.2, 0.25) is 0 Å². The molecule has 12 rings (SSSR count). The summed E-state index contributed by atoms with van der Waals surface area (Å²) in [6.45, 7) is 0. The number of aromatic nitrogens is 5. The first-order chi connectivity index (χ1) is 34.8. The van der Waals surface area contributed by atoms with Crippen LogP contribution in [0.2, 0.25) is 0 Å². The molecule has 0 aliphatic heterocycles. The lowest BCUT2D eigenvalue weighted by Crippen LogP contribution is -2.11. The number of fused-ring (bicyclic) bond motifs is 3. The number of nitrogens with zero attached hydrogens (tertiary/aromatic N) is 5. The summed E-state index contributed by atoms with van der Waals surface area (Å²) < 4.78 is 49.9. The Morgan fingerprint density at radius 2 is 0.648 bits per heavy atom. The lowest BCUT2D eigenvalue weighted by atomic mass is 9.96. The molecule has 0 amide bonds. The molecule has 0 saturated heterocycles. The van der Waals surface area contributed by atoms with Crippen molar-refractivity contribution in [1.29, 1.82) is 0 Å². The van der Waals surface area contributed by atoms with Crippen LogP contribution in [-0.4, -0.2) is 24.5 Å². The summed E-state index contributed by atoms with van der Waals surface area (Å²) in [6, 6.07) is 77.4. The molecule has 0 fully saturated rings. The zero-order valence-corrected chi connectivity index (χ0v) is 38.0. The molecule has 3 aromatic heterocycles. The number of hydrogen-bond acceptors (Lipinski definition) is 4. The van der Waals surface area contributed by atoms with E-state index in [9.17, 15) is 0 Å². The summed E-state index contributed by atoms with van der Waals surface area (Å²) in [5, 5.41) is 1.83. The van der Waals surface area contributed by atoms with Gasteiger partial charge in [0.15, 0.2) is 11.6 Å². The summed E-state index contributed by atoms with van der Waals surface area (Å²) in [6.07, 6.45) is -4.79. The number of benzene rings is 9. The molecule has 0 aliphatic rings. The Morgan fingerprint density at radius 3 is 1.07 bits per heavy atom. The zero-order valence-electron chi connectivity index (χ0n) is 38.0. The maximum atomic E-state index is 15.9.